The summed E-state index contributed by atoms with van der Waals surface area (Å²) in [6, 6.07) is 4.02. The first kappa shape index (κ1) is 12.9. The van der Waals surface area contributed by atoms with Crippen molar-refractivity contribution in [2.75, 3.05) is 32.0 Å². The summed E-state index contributed by atoms with van der Waals surface area (Å²) < 4.78 is 0. The van der Waals surface area contributed by atoms with Crippen molar-refractivity contribution in [3.05, 3.63) is 17.8 Å². The zero-order valence-electron chi connectivity index (χ0n) is 12.0. The lowest BCUT2D eigenvalue weighted by molar-refractivity contribution is 0.324. The number of nitrogens with one attached hydrogen (secondary N) is 1. The fourth-order valence-corrected chi connectivity index (χ4v) is 3.84. The number of hydrogen-bond donors (Lipinski definition) is 1. The van der Waals surface area contributed by atoms with Crippen LogP contribution in [0.15, 0.2) is 12.1 Å². The minimum atomic E-state index is 0.904. The van der Waals surface area contributed by atoms with E-state index in [2.05, 4.69) is 27.5 Å². The van der Waals surface area contributed by atoms with Crippen molar-refractivity contribution in [2.24, 2.45) is 17.8 Å². The van der Waals surface area contributed by atoms with Crippen LogP contribution in [0.25, 0.3) is 0 Å². The third kappa shape index (κ3) is 2.89. The highest BCUT2D eigenvalue weighted by Gasteiger charge is 2.40. The van der Waals surface area contributed by atoms with Crippen molar-refractivity contribution >= 4 is 5.82 Å². The predicted octanol–water partition coefficient (Wildman–Crippen LogP) is 2.17. The van der Waals surface area contributed by atoms with Gasteiger partial charge in [-0.15, -0.1) is 5.10 Å². The molecule has 0 spiro atoms. The number of fused-ring (bicyclic) bond motifs is 1. The molecule has 4 heteroatoms. The highest BCUT2D eigenvalue weighted by molar-refractivity contribution is 5.32. The second kappa shape index (κ2) is 5.45. The molecule has 0 radical (unpaired) electrons. The summed E-state index contributed by atoms with van der Waals surface area (Å²) in [4.78, 5) is 2.50. The molecule has 1 aromatic heterocycles. The number of anilines is 1. The van der Waals surface area contributed by atoms with Gasteiger partial charge >= 0.3 is 0 Å². The van der Waals surface area contributed by atoms with Gasteiger partial charge < -0.3 is 10.2 Å². The Kier molecular flexibility index (Phi) is 3.69. The van der Waals surface area contributed by atoms with E-state index in [1.165, 1.54) is 32.4 Å². The average molecular weight is 260 g/mol. The quantitative estimate of drug-likeness (QED) is 0.901. The van der Waals surface area contributed by atoms with Crippen LogP contribution in [0.2, 0.25) is 0 Å². The number of hydrogen-bond acceptors (Lipinski definition) is 4. The van der Waals surface area contributed by atoms with Crippen LogP contribution in [0, 0.1) is 24.7 Å². The summed E-state index contributed by atoms with van der Waals surface area (Å²) in [5, 5.41) is 11.6. The van der Waals surface area contributed by atoms with E-state index >= 15 is 0 Å². The summed E-state index contributed by atoms with van der Waals surface area (Å²) in [7, 11) is 2.26. The standard InChI is InChI=1S/C15H24N4/c1-11-3-6-15(18-17-11)16-8-7-12-4-5-13-9-19(2)10-14(12)13/h3,6,12-14H,4-5,7-10H2,1-2H3,(H,16,18). The SMILES string of the molecule is Cc1ccc(NCCC2CCC3CN(C)CC23)nn1. The van der Waals surface area contributed by atoms with Crippen molar-refractivity contribution in [2.45, 2.75) is 26.2 Å². The monoisotopic (exact) mass is 260 g/mol. The lowest BCUT2D eigenvalue weighted by atomic mass is 9.90. The molecule has 0 aromatic carbocycles. The normalized spacial score (nSPS) is 30.5. The van der Waals surface area contributed by atoms with Gasteiger partial charge in [0.15, 0.2) is 0 Å². The Hall–Kier alpha value is -1.16. The molecular weight excluding hydrogens is 236 g/mol. The maximum atomic E-state index is 4.15. The fraction of sp³-hybridized carbons (Fsp3) is 0.733. The molecule has 0 amide bonds. The predicted molar refractivity (Wildman–Crippen MR) is 77.1 cm³/mol. The highest BCUT2D eigenvalue weighted by Crippen LogP contribution is 2.43. The van der Waals surface area contributed by atoms with Gasteiger partial charge in [0.25, 0.3) is 0 Å². The maximum absolute atomic E-state index is 4.15. The van der Waals surface area contributed by atoms with Crippen molar-refractivity contribution in [3.8, 4) is 0 Å². The molecule has 104 valence electrons. The van der Waals surface area contributed by atoms with E-state index in [4.69, 9.17) is 0 Å². The fourth-order valence-electron chi connectivity index (χ4n) is 3.84. The Labute approximate surface area is 115 Å². The van der Waals surface area contributed by atoms with E-state index in [-0.39, 0.29) is 0 Å². The molecule has 0 bridgehead atoms. The topological polar surface area (TPSA) is 41.0 Å². The molecule has 19 heavy (non-hydrogen) atoms. The number of aromatic nitrogens is 2. The average Bonchev–Trinajstić information content (AvgIpc) is 2.92. The molecule has 1 aliphatic heterocycles. The molecule has 1 N–H and O–H groups in total. The molecule has 2 fully saturated rings. The van der Waals surface area contributed by atoms with Crippen molar-refractivity contribution in [3.63, 3.8) is 0 Å². The van der Waals surface area contributed by atoms with Crippen molar-refractivity contribution in [1.82, 2.24) is 15.1 Å². The molecule has 1 aliphatic carbocycles. The zero-order chi connectivity index (χ0) is 13.2. The molecule has 1 saturated heterocycles. The van der Waals surface area contributed by atoms with Gasteiger partial charge in [-0.3, -0.25) is 0 Å². The Bertz CT molecular complexity index is 417. The molecular formula is C15H24N4. The number of rotatable bonds is 4. The van der Waals surface area contributed by atoms with Gasteiger partial charge in [-0.2, -0.15) is 5.10 Å². The minimum absolute atomic E-state index is 0.904. The summed E-state index contributed by atoms with van der Waals surface area (Å²) >= 11 is 0. The Morgan fingerprint density at radius 3 is 2.95 bits per heavy atom. The number of aryl methyl sites for hydroxylation is 1. The Balaban J connectivity index is 1.46. The zero-order valence-corrected chi connectivity index (χ0v) is 12.0. The largest absolute Gasteiger partial charge is 0.369 e. The maximum Gasteiger partial charge on any atom is 0.148 e. The van der Waals surface area contributed by atoms with Gasteiger partial charge in [0.1, 0.15) is 5.82 Å². The van der Waals surface area contributed by atoms with Gasteiger partial charge in [0, 0.05) is 19.6 Å². The molecule has 1 saturated carbocycles. The lowest BCUT2D eigenvalue weighted by Gasteiger charge is -2.19. The first-order valence-electron chi connectivity index (χ1n) is 7.45. The van der Waals surface area contributed by atoms with E-state index < -0.39 is 0 Å². The van der Waals surface area contributed by atoms with Crippen LogP contribution >= 0.6 is 0 Å². The second-order valence-corrected chi connectivity index (χ2v) is 6.26. The third-order valence-corrected chi connectivity index (χ3v) is 4.81. The van der Waals surface area contributed by atoms with Gasteiger partial charge in [-0.1, -0.05) is 0 Å². The van der Waals surface area contributed by atoms with Crippen LogP contribution in [-0.2, 0) is 0 Å². The van der Waals surface area contributed by atoms with Crippen LogP contribution in [-0.4, -0.2) is 41.8 Å². The summed E-state index contributed by atoms with van der Waals surface area (Å²) in [5.74, 6) is 3.72. The third-order valence-electron chi connectivity index (χ3n) is 4.81. The van der Waals surface area contributed by atoms with Gasteiger partial charge in [-0.25, -0.2) is 0 Å². The summed E-state index contributed by atoms with van der Waals surface area (Å²) in [6.45, 7) is 5.61. The molecule has 3 unspecified atom stereocenters. The number of nitrogens with zero attached hydrogens (tertiary/aromatic N) is 3. The lowest BCUT2D eigenvalue weighted by Crippen LogP contribution is -2.20. The second-order valence-electron chi connectivity index (χ2n) is 6.26. The van der Waals surface area contributed by atoms with E-state index in [1.807, 2.05) is 19.1 Å². The molecule has 3 atom stereocenters. The first-order valence-corrected chi connectivity index (χ1v) is 7.45. The molecule has 3 rings (SSSR count). The minimum Gasteiger partial charge on any atom is -0.369 e. The van der Waals surface area contributed by atoms with Crippen LogP contribution < -0.4 is 5.32 Å². The Morgan fingerprint density at radius 2 is 2.16 bits per heavy atom. The molecule has 4 nitrogen and oxygen atoms in total. The van der Waals surface area contributed by atoms with E-state index in [9.17, 15) is 0 Å². The highest BCUT2D eigenvalue weighted by atomic mass is 15.2. The van der Waals surface area contributed by atoms with E-state index in [1.54, 1.807) is 0 Å². The number of likely N-dealkylation sites (tertiary alicyclic amines) is 1. The van der Waals surface area contributed by atoms with Crippen molar-refractivity contribution in [1.29, 1.82) is 0 Å². The van der Waals surface area contributed by atoms with Crippen LogP contribution in [0.3, 0.4) is 0 Å². The molecule has 2 heterocycles. The van der Waals surface area contributed by atoms with Gasteiger partial charge in [-0.05, 0) is 63.1 Å². The van der Waals surface area contributed by atoms with Crippen molar-refractivity contribution < 1.29 is 0 Å². The molecule has 2 aliphatic rings. The summed E-state index contributed by atoms with van der Waals surface area (Å²) in [6.07, 6.45) is 4.12. The smallest absolute Gasteiger partial charge is 0.148 e. The summed E-state index contributed by atoms with van der Waals surface area (Å²) in [5.41, 5.74) is 0.971. The van der Waals surface area contributed by atoms with E-state index in [0.717, 1.165) is 35.8 Å². The van der Waals surface area contributed by atoms with Gasteiger partial charge in [0.2, 0.25) is 0 Å². The molecule has 1 aromatic rings. The first-order chi connectivity index (χ1) is 9.22. The van der Waals surface area contributed by atoms with Crippen LogP contribution in [0.4, 0.5) is 5.82 Å². The van der Waals surface area contributed by atoms with Gasteiger partial charge in [0.05, 0.1) is 5.69 Å². The van der Waals surface area contributed by atoms with E-state index in [0.29, 0.717) is 0 Å². The van der Waals surface area contributed by atoms with Crippen LogP contribution in [0.5, 0.6) is 0 Å². The van der Waals surface area contributed by atoms with Crippen LogP contribution in [0.1, 0.15) is 25.0 Å². The Morgan fingerprint density at radius 1 is 1.26 bits per heavy atom.